The van der Waals surface area contributed by atoms with Gasteiger partial charge in [-0.1, -0.05) is 36.9 Å². The third-order valence-electron chi connectivity index (χ3n) is 2.95. The van der Waals surface area contributed by atoms with Gasteiger partial charge in [-0.2, -0.15) is 0 Å². The van der Waals surface area contributed by atoms with Crippen LogP contribution in [-0.4, -0.2) is 18.8 Å². The number of hydrogen-bond acceptors (Lipinski definition) is 3. The van der Waals surface area contributed by atoms with Crippen LogP contribution in [0.15, 0.2) is 61.2 Å². The fourth-order valence-corrected chi connectivity index (χ4v) is 1.88. The Morgan fingerprint density at radius 3 is 2.48 bits per heavy atom. The molecule has 0 fully saturated rings. The Morgan fingerprint density at radius 1 is 1.14 bits per heavy atom. The molecule has 0 aliphatic rings. The molecule has 2 aromatic rings. The molecular formula is C17H15NO3. The molecule has 2 aromatic carbocycles. The minimum Gasteiger partial charge on any atom is -0.497 e. The lowest BCUT2D eigenvalue weighted by atomic mass is 10.0. The van der Waals surface area contributed by atoms with E-state index in [2.05, 4.69) is 11.9 Å². The second-order valence-electron chi connectivity index (χ2n) is 4.30. The van der Waals surface area contributed by atoms with Gasteiger partial charge in [0.2, 0.25) is 5.91 Å². The van der Waals surface area contributed by atoms with Gasteiger partial charge >= 0.3 is 0 Å². The highest BCUT2D eigenvalue weighted by atomic mass is 16.5. The van der Waals surface area contributed by atoms with Crippen LogP contribution in [0.1, 0.15) is 15.9 Å². The first kappa shape index (κ1) is 14.5. The highest BCUT2D eigenvalue weighted by molar-refractivity contribution is 6.14. The summed E-state index contributed by atoms with van der Waals surface area (Å²) in [6, 6.07) is 13.8. The molecule has 0 bridgehead atoms. The summed E-state index contributed by atoms with van der Waals surface area (Å²) in [7, 11) is 1.52. The molecule has 0 spiro atoms. The van der Waals surface area contributed by atoms with E-state index in [0.717, 1.165) is 6.08 Å². The minimum absolute atomic E-state index is 0.186. The first-order valence-corrected chi connectivity index (χ1v) is 6.37. The van der Waals surface area contributed by atoms with Gasteiger partial charge in [0.15, 0.2) is 5.78 Å². The van der Waals surface area contributed by atoms with Crippen molar-refractivity contribution in [3.05, 3.63) is 72.3 Å². The average Bonchev–Trinajstić information content (AvgIpc) is 2.55. The Balaban J connectivity index is 2.46. The monoisotopic (exact) mass is 281 g/mol. The average molecular weight is 281 g/mol. The summed E-state index contributed by atoms with van der Waals surface area (Å²) in [5.41, 5.74) is 1.34. The van der Waals surface area contributed by atoms with Gasteiger partial charge in [-0.25, -0.2) is 0 Å². The Labute approximate surface area is 123 Å². The zero-order valence-corrected chi connectivity index (χ0v) is 11.6. The summed E-state index contributed by atoms with van der Waals surface area (Å²) in [5.74, 6) is -0.0120. The van der Waals surface area contributed by atoms with Crippen molar-refractivity contribution in [1.82, 2.24) is 0 Å². The number of carbonyl (C=O) groups is 2. The van der Waals surface area contributed by atoms with E-state index in [9.17, 15) is 9.59 Å². The molecule has 0 saturated heterocycles. The zero-order chi connectivity index (χ0) is 15.2. The van der Waals surface area contributed by atoms with E-state index in [1.165, 1.54) is 7.11 Å². The van der Waals surface area contributed by atoms with Gasteiger partial charge in [0.25, 0.3) is 0 Å². The zero-order valence-electron chi connectivity index (χ0n) is 11.6. The lowest BCUT2D eigenvalue weighted by Crippen LogP contribution is -2.12. The number of methoxy groups -OCH3 is 1. The summed E-state index contributed by atoms with van der Waals surface area (Å²) in [6.45, 7) is 3.40. The molecule has 0 aromatic heterocycles. The second-order valence-corrected chi connectivity index (χ2v) is 4.30. The molecular weight excluding hydrogens is 266 g/mol. The Morgan fingerprint density at radius 2 is 1.86 bits per heavy atom. The predicted octanol–water partition coefficient (Wildman–Crippen LogP) is 3.05. The quantitative estimate of drug-likeness (QED) is 0.677. The van der Waals surface area contributed by atoms with Gasteiger partial charge in [-0.05, 0) is 24.3 Å². The SMILES string of the molecule is C=CC(=O)Nc1ccc(OC)cc1C(=O)c1ccccc1. The fourth-order valence-electron chi connectivity index (χ4n) is 1.88. The minimum atomic E-state index is -0.373. The van der Waals surface area contributed by atoms with Crippen molar-refractivity contribution in [2.75, 3.05) is 12.4 Å². The van der Waals surface area contributed by atoms with E-state index < -0.39 is 0 Å². The lowest BCUT2D eigenvalue weighted by molar-refractivity contribution is -0.111. The van der Waals surface area contributed by atoms with Crippen molar-refractivity contribution in [3.63, 3.8) is 0 Å². The predicted molar refractivity (Wildman–Crippen MR) is 81.7 cm³/mol. The number of ether oxygens (including phenoxy) is 1. The van der Waals surface area contributed by atoms with E-state index in [4.69, 9.17) is 4.74 Å². The molecule has 1 N–H and O–H groups in total. The third-order valence-corrected chi connectivity index (χ3v) is 2.95. The van der Waals surface area contributed by atoms with Crippen LogP contribution in [0.25, 0.3) is 0 Å². The Hall–Kier alpha value is -2.88. The molecule has 0 saturated carbocycles. The molecule has 4 nitrogen and oxygen atoms in total. The van der Waals surface area contributed by atoms with Crippen molar-refractivity contribution in [2.24, 2.45) is 0 Å². The van der Waals surface area contributed by atoms with E-state index in [1.807, 2.05) is 6.07 Å². The summed E-state index contributed by atoms with van der Waals surface area (Å²) in [4.78, 5) is 24.0. The number of nitrogens with one attached hydrogen (secondary N) is 1. The van der Waals surface area contributed by atoms with Gasteiger partial charge in [0.05, 0.1) is 12.8 Å². The lowest BCUT2D eigenvalue weighted by Gasteiger charge is -2.11. The summed E-state index contributed by atoms with van der Waals surface area (Å²) >= 11 is 0. The molecule has 4 heteroatoms. The van der Waals surface area contributed by atoms with Crippen molar-refractivity contribution < 1.29 is 14.3 Å². The van der Waals surface area contributed by atoms with E-state index in [0.29, 0.717) is 22.6 Å². The normalized spacial score (nSPS) is 9.76. The first-order valence-electron chi connectivity index (χ1n) is 6.37. The molecule has 0 radical (unpaired) electrons. The first-order chi connectivity index (χ1) is 10.2. The van der Waals surface area contributed by atoms with Crippen LogP contribution >= 0.6 is 0 Å². The van der Waals surface area contributed by atoms with Crippen LogP contribution in [-0.2, 0) is 4.79 Å². The number of carbonyl (C=O) groups excluding carboxylic acids is 2. The molecule has 0 aliphatic carbocycles. The summed E-state index contributed by atoms with van der Waals surface area (Å²) in [5, 5.41) is 2.63. The van der Waals surface area contributed by atoms with Crippen LogP contribution in [0.3, 0.4) is 0 Å². The Bertz CT molecular complexity index is 678. The summed E-state index contributed by atoms with van der Waals surface area (Å²) < 4.78 is 5.14. The molecule has 0 aliphatic heterocycles. The van der Waals surface area contributed by atoms with Gasteiger partial charge in [-0.3, -0.25) is 9.59 Å². The van der Waals surface area contributed by atoms with E-state index >= 15 is 0 Å². The van der Waals surface area contributed by atoms with E-state index in [1.54, 1.807) is 42.5 Å². The number of benzene rings is 2. The largest absolute Gasteiger partial charge is 0.497 e. The second kappa shape index (κ2) is 6.52. The molecule has 2 rings (SSSR count). The van der Waals surface area contributed by atoms with Crippen molar-refractivity contribution in [3.8, 4) is 5.75 Å². The standard InChI is InChI=1S/C17H15NO3/c1-3-16(19)18-15-10-9-13(21-2)11-14(15)17(20)12-7-5-4-6-8-12/h3-11H,1H2,2H3,(H,18,19). The number of ketones is 1. The maximum absolute atomic E-state index is 12.6. The third kappa shape index (κ3) is 3.36. The van der Waals surface area contributed by atoms with Gasteiger partial charge in [-0.15, -0.1) is 0 Å². The molecule has 1 amide bonds. The smallest absolute Gasteiger partial charge is 0.247 e. The highest BCUT2D eigenvalue weighted by Crippen LogP contribution is 2.24. The molecule has 0 atom stereocenters. The number of amides is 1. The van der Waals surface area contributed by atoms with Crippen molar-refractivity contribution in [2.45, 2.75) is 0 Å². The van der Waals surface area contributed by atoms with Crippen molar-refractivity contribution >= 4 is 17.4 Å². The van der Waals surface area contributed by atoms with Crippen LogP contribution in [0, 0.1) is 0 Å². The topological polar surface area (TPSA) is 55.4 Å². The van der Waals surface area contributed by atoms with Crippen LogP contribution < -0.4 is 10.1 Å². The maximum Gasteiger partial charge on any atom is 0.247 e. The number of rotatable bonds is 5. The molecule has 0 unspecified atom stereocenters. The molecule has 106 valence electrons. The molecule has 21 heavy (non-hydrogen) atoms. The maximum atomic E-state index is 12.6. The Kier molecular flexibility index (Phi) is 4.51. The van der Waals surface area contributed by atoms with Crippen LogP contribution in [0.4, 0.5) is 5.69 Å². The van der Waals surface area contributed by atoms with E-state index in [-0.39, 0.29) is 11.7 Å². The van der Waals surface area contributed by atoms with Gasteiger partial charge in [0.1, 0.15) is 5.75 Å². The van der Waals surface area contributed by atoms with Crippen LogP contribution in [0.2, 0.25) is 0 Å². The number of anilines is 1. The fraction of sp³-hybridized carbons (Fsp3) is 0.0588. The van der Waals surface area contributed by atoms with Gasteiger partial charge in [0, 0.05) is 11.1 Å². The van der Waals surface area contributed by atoms with Crippen LogP contribution in [0.5, 0.6) is 5.75 Å². The highest BCUT2D eigenvalue weighted by Gasteiger charge is 2.15. The van der Waals surface area contributed by atoms with Crippen molar-refractivity contribution in [1.29, 1.82) is 0 Å². The van der Waals surface area contributed by atoms with Gasteiger partial charge < -0.3 is 10.1 Å². The molecule has 0 heterocycles. The summed E-state index contributed by atoms with van der Waals surface area (Å²) in [6.07, 6.45) is 1.15. The number of hydrogen-bond donors (Lipinski definition) is 1.